The van der Waals surface area contributed by atoms with Gasteiger partial charge >= 0.3 is 0 Å². The molecule has 21 heavy (non-hydrogen) atoms. The molecule has 0 saturated carbocycles. The van der Waals surface area contributed by atoms with Crippen LogP contribution in [0, 0.1) is 17.3 Å². The molecule has 0 radical (unpaired) electrons. The fourth-order valence-corrected chi connectivity index (χ4v) is 2.87. The summed E-state index contributed by atoms with van der Waals surface area (Å²) >= 11 is 0. The number of piperazine rings is 1. The van der Waals surface area contributed by atoms with E-state index in [-0.39, 0.29) is 41.3 Å². The van der Waals surface area contributed by atoms with Crippen molar-refractivity contribution < 1.29 is 9.59 Å². The van der Waals surface area contributed by atoms with Crippen molar-refractivity contribution in [1.29, 1.82) is 0 Å². The molecule has 1 fully saturated rings. The standard InChI is InChI=1S/C17H32N2O2/c1-10(2)9-13-16(21)19(12(5)17(6,7)8)14(11(3)4)15(20)18-13/h10-14H,9H2,1-8H3,(H,18,20). The number of hydrogen-bond donors (Lipinski definition) is 1. The molecule has 1 saturated heterocycles. The Labute approximate surface area is 129 Å². The minimum Gasteiger partial charge on any atom is -0.342 e. The van der Waals surface area contributed by atoms with Crippen LogP contribution in [0.4, 0.5) is 0 Å². The first-order chi connectivity index (χ1) is 9.46. The highest BCUT2D eigenvalue weighted by Gasteiger charge is 2.46. The number of carbonyl (C=O) groups is 2. The van der Waals surface area contributed by atoms with Gasteiger partial charge in [-0.15, -0.1) is 0 Å². The van der Waals surface area contributed by atoms with Gasteiger partial charge in [0.2, 0.25) is 11.8 Å². The highest BCUT2D eigenvalue weighted by atomic mass is 16.2. The molecule has 0 aromatic rings. The first kappa shape index (κ1) is 18.0. The Morgan fingerprint density at radius 2 is 1.62 bits per heavy atom. The largest absolute Gasteiger partial charge is 0.342 e. The van der Waals surface area contributed by atoms with Crippen molar-refractivity contribution in [2.45, 2.75) is 79.9 Å². The molecule has 1 rings (SSSR count). The van der Waals surface area contributed by atoms with Gasteiger partial charge in [0, 0.05) is 6.04 Å². The van der Waals surface area contributed by atoms with E-state index in [1.165, 1.54) is 0 Å². The van der Waals surface area contributed by atoms with Crippen molar-refractivity contribution in [2.24, 2.45) is 17.3 Å². The molecule has 4 nitrogen and oxygen atoms in total. The van der Waals surface area contributed by atoms with Crippen LogP contribution in [0.3, 0.4) is 0 Å². The van der Waals surface area contributed by atoms with Crippen molar-refractivity contribution in [1.82, 2.24) is 10.2 Å². The predicted octanol–water partition coefficient (Wildman–Crippen LogP) is 2.82. The van der Waals surface area contributed by atoms with E-state index < -0.39 is 0 Å². The molecule has 3 atom stereocenters. The molecular formula is C17H32N2O2. The summed E-state index contributed by atoms with van der Waals surface area (Å²) in [5, 5.41) is 2.94. The van der Waals surface area contributed by atoms with Gasteiger partial charge in [0.1, 0.15) is 12.1 Å². The first-order valence-electron chi connectivity index (χ1n) is 8.09. The normalized spacial score (nSPS) is 25.5. The van der Waals surface area contributed by atoms with E-state index in [9.17, 15) is 9.59 Å². The van der Waals surface area contributed by atoms with Crippen molar-refractivity contribution in [3.8, 4) is 0 Å². The molecular weight excluding hydrogens is 264 g/mol. The summed E-state index contributed by atoms with van der Waals surface area (Å²) in [6, 6.07) is -0.717. The second-order valence-corrected chi connectivity index (χ2v) is 8.17. The second kappa shape index (κ2) is 6.37. The number of rotatable bonds is 4. The van der Waals surface area contributed by atoms with Crippen LogP contribution in [0.1, 0.15) is 61.8 Å². The van der Waals surface area contributed by atoms with Gasteiger partial charge in [-0.25, -0.2) is 0 Å². The summed E-state index contributed by atoms with van der Waals surface area (Å²) in [7, 11) is 0. The Hall–Kier alpha value is -1.06. The SMILES string of the molecule is CC(C)CC1NC(=O)C(C(C)C)N(C(C)C(C)(C)C)C1=O. The molecule has 1 N–H and O–H groups in total. The first-order valence-corrected chi connectivity index (χ1v) is 8.09. The van der Waals surface area contributed by atoms with Crippen LogP contribution in [-0.4, -0.2) is 34.8 Å². The van der Waals surface area contributed by atoms with Crippen molar-refractivity contribution >= 4 is 11.8 Å². The van der Waals surface area contributed by atoms with Gasteiger partial charge < -0.3 is 10.2 Å². The topological polar surface area (TPSA) is 49.4 Å². The molecule has 1 aliphatic heterocycles. The number of amides is 2. The summed E-state index contributed by atoms with van der Waals surface area (Å²) < 4.78 is 0. The highest BCUT2D eigenvalue weighted by molar-refractivity contribution is 5.97. The van der Waals surface area contributed by atoms with E-state index in [4.69, 9.17) is 0 Å². The fraction of sp³-hybridized carbons (Fsp3) is 0.882. The zero-order chi connectivity index (χ0) is 16.5. The monoisotopic (exact) mass is 296 g/mol. The van der Waals surface area contributed by atoms with Crippen LogP contribution < -0.4 is 5.32 Å². The minimum atomic E-state index is -0.378. The molecule has 2 amide bonds. The number of nitrogens with zero attached hydrogens (tertiary/aromatic N) is 1. The summed E-state index contributed by atoms with van der Waals surface area (Å²) in [5.41, 5.74) is -0.0528. The summed E-state index contributed by atoms with van der Waals surface area (Å²) in [4.78, 5) is 27.3. The lowest BCUT2D eigenvalue weighted by Crippen LogP contribution is -2.68. The second-order valence-electron chi connectivity index (χ2n) is 8.17. The Kier molecular flexibility index (Phi) is 5.46. The van der Waals surface area contributed by atoms with Crippen LogP contribution in [0.5, 0.6) is 0 Å². The highest BCUT2D eigenvalue weighted by Crippen LogP contribution is 2.31. The van der Waals surface area contributed by atoms with Crippen LogP contribution in [0.15, 0.2) is 0 Å². The molecule has 1 aliphatic rings. The molecule has 0 bridgehead atoms. The maximum Gasteiger partial charge on any atom is 0.246 e. The van der Waals surface area contributed by atoms with Crippen molar-refractivity contribution in [3.63, 3.8) is 0 Å². The van der Waals surface area contributed by atoms with Gasteiger partial charge in [-0.3, -0.25) is 9.59 Å². The Morgan fingerprint density at radius 3 is 2.00 bits per heavy atom. The molecule has 122 valence electrons. The Bertz CT molecular complexity index is 396. The zero-order valence-electron chi connectivity index (χ0n) is 14.9. The number of carbonyl (C=O) groups excluding carboxylic acids is 2. The minimum absolute atomic E-state index is 0.00801. The lowest BCUT2D eigenvalue weighted by Gasteiger charge is -2.48. The van der Waals surface area contributed by atoms with Gasteiger partial charge in [-0.05, 0) is 30.6 Å². The fourth-order valence-electron chi connectivity index (χ4n) is 2.87. The maximum atomic E-state index is 12.9. The Morgan fingerprint density at radius 1 is 1.10 bits per heavy atom. The van der Waals surface area contributed by atoms with E-state index in [1.54, 1.807) is 0 Å². The van der Waals surface area contributed by atoms with Gasteiger partial charge in [0.25, 0.3) is 0 Å². The van der Waals surface area contributed by atoms with Crippen LogP contribution >= 0.6 is 0 Å². The quantitative estimate of drug-likeness (QED) is 0.867. The summed E-state index contributed by atoms with van der Waals surface area (Å²) in [5.74, 6) is 0.552. The third-order valence-corrected chi connectivity index (χ3v) is 4.45. The Balaban J connectivity index is 3.15. The molecule has 0 aromatic heterocycles. The summed E-state index contributed by atoms with van der Waals surface area (Å²) in [6.07, 6.45) is 0.697. The molecule has 4 heteroatoms. The van der Waals surface area contributed by atoms with E-state index in [1.807, 2.05) is 18.7 Å². The van der Waals surface area contributed by atoms with Gasteiger partial charge in [-0.2, -0.15) is 0 Å². The molecule has 0 aliphatic carbocycles. The molecule has 3 unspecified atom stereocenters. The molecule has 0 spiro atoms. The van der Waals surface area contributed by atoms with Crippen LogP contribution in [0.2, 0.25) is 0 Å². The van der Waals surface area contributed by atoms with Gasteiger partial charge in [0.05, 0.1) is 0 Å². The van der Waals surface area contributed by atoms with E-state index in [2.05, 4.69) is 46.9 Å². The third kappa shape index (κ3) is 3.98. The maximum absolute atomic E-state index is 12.9. The third-order valence-electron chi connectivity index (χ3n) is 4.45. The average Bonchev–Trinajstić information content (AvgIpc) is 2.29. The predicted molar refractivity (Wildman–Crippen MR) is 85.8 cm³/mol. The van der Waals surface area contributed by atoms with E-state index in [0.717, 1.165) is 0 Å². The molecule has 1 heterocycles. The van der Waals surface area contributed by atoms with Crippen molar-refractivity contribution in [2.75, 3.05) is 0 Å². The summed E-state index contributed by atoms with van der Waals surface area (Å²) in [6.45, 7) is 16.6. The smallest absolute Gasteiger partial charge is 0.246 e. The molecule has 0 aromatic carbocycles. The number of hydrogen-bond acceptors (Lipinski definition) is 2. The van der Waals surface area contributed by atoms with Crippen molar-refractivity contribution in [3.05, 3.63) is 0 Å². The lowest BCUT2D eigenvalue weighted by atomic mass is 9.83. The van der Waals surface area contributed by atoms with Gasteiger partial charge in [-0.1, -0.05) is 48.5 Å². The van der Waals surface area contributed by atoms with Crippen LogP contribution in [0.25, 0.3) is 0 Å². The number of nitrogens with one attached hydrogen (secondary N) is 1. The van der Waals surface area contributed by atoms with E-state index in [0.29, 0.717) is 12.3 Å². The van der Waals surface area contributed by atoms with Gasteiger partial charge in [0.15, 0.2) is 0 Å². The lowest BCUT2D eigenvalue weighted by molar-refractivity contribution is -0.157. The average molecular weight is 296 g/mol. The zero-order valence-corrected chi connectivity index (χ0v) is 14.9. The van der Waals surface area contributed by atoms with Crippen LogP contribution in [-0.2, 0) is 9.59 Å². The van der Waals surface area contributed by atoms with E-state index >= 15 is 0 Å².